The van der Waals surface area contributed by atoms with Crippen LogP contribution in [-0.4, -0.2) is 57.9 Å². The van der Waals surface area contributed by atoms with E-state index >= 15 is 0 Å². The van der Waals surface area contributed by atoms with E-state index in [1.807, 2.05) is 13.8 Å². The molecule has 10 heteroatoms. The molecule has 176 valence electrons. The van der Waals surface area contributed by atoms with Crippen LogP contribution in [0.4, 0.5) is 5.69 Å². The van der Waals surface area contributed by atoms with Gasteiger partial charge in [0.25, 0.3) is 5.91 Å². The number of thiocarbonyl (C=S) groups is 1. The zero-order valence-electron chi connectivity index (χ0n) is 18.9. The monoisotopic (exact) mass is 472 g/mol. The lowest BCUT2D eigenvalue weighted by Crippen LogP contribution is -2.42. The van der Waals surface area contributed by atoms with Crippen molar-refractivity contribution < 1.29 is 23.5 Å². The van der Waals surface area contributed by atoms with Gasteiger partial charge < -0.3 is 24.7 Å². The molecule has 2 N–H and O–H groups in total. The minimum Gasteiger partial charge on any atom is -0.491 e. The Morgan fingerprint density at radius 2 is 1.94 bits per heavy atom. The van der Waals surface area contributed by atoms with Crippen LogP contribution in [0.15, 0.2) is 47.1 Å². The highest BCUT2D eigenvalue weighted by molar-refractivity contribution is 7.80. The van der Waals surface area contributed by atoms with E-state index in [0.717, 1.165) is 0 Å². The van der Waals surface area contributed by atoms with Gasteiger partial charge in [-0.05, 0) is 62.5 Å². The number of anilines is 1. The first-order chi connectivity index (χ1) is 15.7. The normalized spacial score (nSPS) is 15.8. The summed E-state index contributed by atoms with van der Waals surface area (Å²) in [6, 6.07) is 9.75. The molecule has 0 bridgehead atoms. The molecule has 1 aromatic heterocycles. The van der Waals surface area contributed by atoms with Crippen molar-refractivity contribution in [2.45, 2.75) is 45.9 Å². The second-order valence-corrected chi connectivity index (χ2v) is 8.29. The van der Waals surface area contributed by atoms with Gasteiger partial charge in [0, 0.05) is 25.7 Å². The summed E-state index contributed by atoms with van der Waals surface area (Å²) in [5, 5.41) is 5.82. The molecule has 0 spiro atoms. The molecule has 1 aliphatic rings. The predicted octanol–water partition coefficient (Wildman–Crippen LogP) is 2.53. The van der Waals surface area contributed by atoms with Crippen LogP contribution in [0.2, 0.25) is 0 Å². The van der Waals surface area contributed by atoms with Gasteiger partial charge in [0.05, 0.1) is 25.3 Å². The largest absolute Gasteiger partial charge is 0.491 e. The van der Waals surface area contributed by atoms with Gasteiger partial charge in [0.1, 0.15) is 17.6 Å². The standard InChI is InChI=1S/C23H28N4O5S/c1-15(2)32-18-8-6-17(7-9-18)25-21(29)13-20-22(30)27(14-19-5-4-12-31-19)23(33)26(20)11-10-24-16(3)28/h4-9,12,15,20H,10-11,13-14H2,1-3H3,(H,24,28)(H,25,29). The highest BCUT2D eigenvalue weighted by atomic mass is 32.1. The first-order valence-corrected chi connectivity index (χ1v) is 11.1. The maximum Gasteiger partial charge on any atom is 0.252 e. The van der Waals surface area contributed by atoms with Crippen molar-refractivity contribution in [2.24, 2.45) is 0 Å². The van der Waals surface area contributed by atoms with Crippen LogP contribution in [0, 0.1) is 0 Å². The number of benzene rings is 1. The molecule has 0 aliphatic carbocycles. The molecule has 3 amide bonds. The molecular formula is C23H28N4O5S. The van der Waals surface area contributed by atoms with E-state index in [4.69, 9.17) is 21.4 Å². The Bertz CT molecular complexity index is 991. The Hall–Kier alpha value is -3.40. The third-order valence-electron chi connectivity index (χ3n) is 4.91. The van der Waals surface area contributed by atoms with Crippen LogP contribution < -0.4 is 15.4 Å². The summed E-state index contributed by atoms with van der Waals surface area (Å²) < 4.78 is 11.0. The fourth-order valence-corrected chi connectivity index (χ4v) is 3.85. The number of rotatable bonds is 10. The fourth-order valence-electron chi connectivity index (χ4n) is 3.48. The summed E-state index contributed by atoms with van der Waals surface area (Å²) in [7, 11) is 0. The van der Waals surface area contributed by atoms with Gasteiger partial charge in [-0.25, -0.2) is 0 Å². The first kappa shape index (κ1) is 24.2. The minimum atomic E-state index is -0.773. The third kappa shape index (κ3) is 6.55. The SMILES string of the molecule is CC(=O)NCCN1C(=S)N(Cc2ccco2)C(=O)C1CC(=O)Nc1ccc(OC(C)C)cc1. The maximum atomic E-state index is 13.2. The number of hydrogen-bond acceptors (Lipinski definition) is 6. The number of hydrogen-bond donors (Lipinski definition) is 2. The summed E-state index contributed by atoms with van der Waals surface area (Å²) in [5.74, 6) is 0.504. The molecule has 0 radical (unpaired) electrons. The molecule has 1 saturated heterocycles. The smallest absolute Gasteiger partial charge is 0.252 e. The second kappa shape index (κ2) is 11.0. The van der Waals surface area contributed by atoms with E-state index in [1.54, 1.807) is 41.3 Å². The van der Waals surface area contributed by atoms with Gasteiger partial charge in [-0.2, -0.15) is 0 Å². The van der Waals surface area contributed by atoms with E-state index < -0.39 is 6.04 Å². The minimum absolute atomic E-state index is 0.0512. The van der Waals surface area contributed by atoms with E-state index in [9.17, 15) is 14.4 Å². The highest BCUT2D eigenvalue weighted by Crippen LogP contribution is 2.24. The lowest BCUT2D eigenvalue weighted by atomic mass is 10.1. The van der Waals surface area contributed by atoms with Crippen LogP contribution in [0.5, 0.6) is 5.75 Å². The number of amides is 3. The Morgan fingerprint density at radius 1 is 1.21 bits per heavy atom. The summed E-state index contributed by atoms with van der Waals surface area (Å²) in [5.41, 5.74) is 0.598. The van der Waals surface area contributed by atoms with Gasteiger partial charge >= 0.3 is 0 Å². The molecule has 1 fully saturated rings. The zero-order valence-corrected chi connectivity index (χ0v) is 19.7. The molecule has 3 rings (SSSR count). The topological polar surface area (TPSA) is 104 Å². The Labute approximate surface area is 198 Å². The molecule has 9 nitrogen and oxygen atoms in total. The molecular weight excluding hydrogens is 444 g/mol. The van der Waals surface area contributed by atoms with Gasteiger partial charge in [-0.15, -0.1) is 0 Å². The Kier molecular flexibility index (Phi) is 8.05. The molecule has 1 unspecified atom stereocenters. The average Bonchev–Trinajstić information content (AvgIpc) is 3.33. The van der Waals surface area contributed by atoms with Crippen LogP contribution in [0.25, 0.3) is 0 Å². The number of furan rings is 1. The van der Waals surface area contributed by atoms with E-state index in [1.165, 1.54) is 18.1 Å². The summed E-state index contributed by atoms with van der Waals surface area (Å²) in [6.07, 6.45) is 1.49. The quantitative estimate of drug-likeness (QED) is 0.512. The van der Waals surface area contributed by atoms with Crippen LogP contribution in [-0.2, 0) is 20.9 Å². The first-order valence-electron chi connectivity index (χ1n) is 10.7. The van der Waals surface area contributed by atoms with Gasteiger partial charge in [-0.3, -0.25) is 19.3 Å². The number of carbonyl (C=O) groups excluding carboxylic acids is 3. The van der Waals surface area contributed by atoms with Gasteiger partial charge in [0.15, 0.2) is 5.11 Å². The van der Waals surface area contributed by atoms with Crippen LogP contribution in [0.3, 0.4) is 0 Å². The van der Waals surface area contributed by atoms with E-state index in [-0.39, 0.29) is 36.8 Å². The Balaban J connectivity index is 1.68. The van der Waals surface area contributed by atoms with E-state index in [0.29, 0.717) is 35.4 Å². The van der Waals surface area contributed by atoms with Crippen molar-refractivity contribution in [1.29, 1.82) is 0 Å². The van der Waals surface area contributed by atoms with Gasteiger partial charge in [0.2, 0.25) is 11.8 Å². The number of ether oxygens (including phenoxy) is 1. The number of nitrogens with zero attached hydrogens (tertiary/aromatic N) is 2. The van der Waals surface area contributed by atoms with Crippen LogP contribution in [0.1, 0.15) is 33.0 Å². The van der Waals surface area contributed by atoms with Crippen LogP contribution >= 0.6 is 12.2 Å². The van der Waals surface area contributed by atoms with Gasteiger partial charge in [-0.1, -0.05) is 0 Å². The molecule has 33 heavy (non-hydrogen) atoms. The predicted molar refractivity (Wildman–Crippen MR) is 126 cm³/mol. The molecule has 1 aromatic carbocycles. The molecule has 1 aliphatic heterocycles. The van der Waals surface area contributed by atoms with Crippen molar-refractivity contribution >= 4 is 40.7 Å². The summed E-state index contributed by atoms with van der Waals surface area (Å²) in [4.78, 5) is 40.3. The zero-order chi connectivity index (χ0) is 24.0. The molecule has 0 saturated carbocycles. The molecule has 2 heterocycles. The lowest BCUT2D eigenvalue weighted by molar-refractivity contribution is -0.131. The van der Waals surface area contributed by atoms with Crippen molar-refractivity contribution in [1.82, 2.24) is 15.1 Å². The Morgan fingerprint density at radius 3 is 2.55 bits per heavy atom. The summed E-state index contributed by atoms with van der Waals surface area (Å²) >= 11 is 5.53. The number of nitrogens with one attached hydrogen (secondary N) is 2. The van der Waals surface area contributed by atoms with E-state index in [2.05, 4.69) is 10.6 Å². The number of carbonyl (C=O) groups is 3. The second-order valence-electron chi connectivity index (χ2n) is 7.92. The highest BCUT2D eigenvalue weighted by Gasteiger charge is 2.43. The summed E-state index contributed by atoms with van der Waals surface area (Å²) in [6.45, 7) is 6.07. The fraction of sp³-hybridized carbons (Fsp3) is 0.391. The van der Waals surface area contributed by atoms with Crippen molar-refractivity contribution in [3.05, 3.63) is 48.4 Å². The lowest BCUT2D eigenvalue weighted by Gasteiger charge is -2.23. The average molecular weight is 473 g/mol. The van der Waals surface area contributed by atoms with Crippen molar-refractivity contribution in [3.8, 4) is 5.75 Å². The van der Waals surface area contributed by atoms with Crippen molar-refractivity contribution in [2.75, 3.05) is 18.4 Å². The third-order valence-corrected chi connectivity index (χ3v) is 5.37. The maximum absolute atomic E-state index is 13.2. The molecule has 2 aromatic rings. The molecule has 1 atom stereocenters. The van der Waals surface area contributed by atoms with Crippen molar-refractivity contribution in [3.63, 3.8) is 0 Å².